The molecule has 1 aliphatic carbocycles. The third-order valence-corrected chi connectivity index (χ3v) is 6.18. The summed E-state index contributed by atoms with van der Waals surface area (Å²) in [7, 11) is 0. The Kier molecular flexibility index (Phi) is 3.78. The van der Waals surface area contributed by atoms with Crippen molar-refractivity contribution in [3.05, 3.63) is 27.7 Å². The summed E-state index contributed by atoms with van der Waals surface area (Å²) in [5, 5.41) is 14.8. The number of aryl methyl sites for hydroxylation is 1. The number of likely N-dealkylation sites (tertiary alicyclic amines) is 1. The number of hydrogen-bond acceptors (Lipinski definition) is 5. The van der Waals surface area contributed by atoms with Crippen LogP contribution in [0.5, 0.6) is 0 Å². The molecule has 0 bridgehead atoms. The lowest BCUT2D eigenvalue weighted by atomic mass is 9.79. The molecule has 4 rings (SSSR count). The lowest BCUT2D eigenvalue weighted by Gasteiger charge is -2.47. The van der Waals surface area contributed by atoms with Gasteiger partial charge in [-0.05, 0) is 30.6 Å². The maximum absolute atomic E-state index is 12.2. The fraction of sp³-hybridized carbons (Fsp3) is 0.750. The number of nitrogens with zero attached hydrogens (tertiary/aromatic N) is 3. The molecule has 2 aliphatic heterocycles. The highest BCUT2D eigenvalue weighted by atomic mass is 32.2. The Morgan fingerprint density at radius 2 is 2.23 bits per heavy atom. The minimum Gasteiger partial charge on any atom is -0.389 e. The van der Waals surface area contributed by atoms with Crippen LogP contribution in [0.25, 0.3) is 0 Å². The van der Waals surface area contributed by atoms with Gasteiger partial charge in [0.05, 0.1) is 17.8 Å². The van der Waals surface area contributed by atoms with Gasteiger partial charge in [0.1, 0.15) is 0 Å². The van der Waals surface area contributed by atoms with Crippen molar-refractivity contribution in [2.45, 2.75) is 43.6 Å². The Balaban J connectivity index is 1.36. The zero-order valence-electron chi connectivity index (χ0n) is 12.8. The first kappa shape index (κ1) is 14.7. The van der Waals surface area contributed by atoms with Crippen LogP contribution in [0, 0.1) is 5.92 Å². The topological polar surface area (TPSA) is 58.4 Å². The van der Waals surface area contributed by atoms with Crippen LogP contribution in [0.3, 0.4) is 0 Å². The van der Waals surface area contributed by atoms with Crippen molar-refractivity contribution in [3.63, 3.8) is 0 Å². The van der Waals surface area contributed by atoms with E-state index >= 15 is 0 Å². The first-order chi connectivity index (χ1) is 10.6. The van der Waals surface area contributed by atoms with Crippen molar-refractivity contribution >= 4 is 11.8 Å². The zero-order valence-corrected chi connectivity index (χ0v) is 13.6. The Morgan fingerprint density at radius 3 is 2.95 bits per heavy atom. The fourth-order valence-corrected chi connectivity index (χ4v) is 4.66. The minimum absolute atomic E-state index is 0.0392. The molecular formula is C16H23N3O2S. The van der Waals surface area contributed by atoms with Crippen LogP contribution in [0.1, 0.15) is 30.5 Å². The van der Waals surface area contributed by atoms with Crippen LogP contribution < -0.4 is 5.56 Å². The van der Waals surface area contributed by atoms with E-state index < -0.39 is 5.60 Å². The predicted molar refractivity (Wildman–Crippen MR) is 87.1 cm³/mol. The number of rotatable bonds is 4. The molecule has 22 heavy (non-hydrogen) atoms. The molecular weight excluding hydrogens is 298 g/mol. The molecule has 0 radical (unpaired) electrons. The fourth-order valence-electron chi connectivity index (χ4n) is 3.71. The zero-order chi connectivity index (χ0) is 15.2. The lowest BCUT2D eigenvalue weighted by molar-refractivity contribution is -0.0819. The average molecular weight is 321 g/mol. The Morgan fingerprint density at radius 1 is 1.41 bits per heavy atom. The summed E-state index contributed by atoms with van der Waals surface area (Å²) in [6.45, 7) is 3.47. The van der Waals surface area contributed by atoms with E-state index in [0.717, 1.165) is 68.1 Å². The van der Waals surface area contributed by atoms with Gasteiger partial charge in [-0.15, -0.1) is 0 Å². The number of β-amino-alcohol motifs (C(OH)–C–C–N with tert-alkyl or cyclic N) is 1. The summed E-state index contributed by atoms with van der Waals surface area (Å²) in [5.74, 6) is 2.52. The van der Waals surface area contributed by atoms with Crippen LogP contribution >= 0.6 is 11.8 Å². The third kappa shape index (κ3) is 2.84. The van der Waals surface area contributed by atoms with Crippen LogP contribution in [-0.4, -0.2) is 50.8 Å². The summed E-state index contributed by atoms with van der Waals surface area (Å²) >= 11 is 1.88. The summed E-state index contributed by atoms with van der Waals surface area (Å²) in [6.07, 6.45) is 4.01. The molecule has 0 atom stereocenters. The lowest BCUT2D eigenvalue weighted by Crippen LogP contribution is -2.57. The molecule has 1 saturated carbocycles. The van der Waals surface area contributed by atoms with Gasteiger partial charge >= 0.3 is 0 Å². The van der Waals surface area contributed by atoms with Crippen molar-refractivity contribution in [1.82, 2.24) is 14.7 Å². The molecule has 3 heterocycles. The average Bonchev–Trinajstić information content (AvgIpc) is 2.43. The monoisotopic (exact) mass is 321 g/mol. The summed E-state index contributed by atoms with van der Waals surface area (Å²) in [6, 6.07) is 1.78. The van der Waals surface area contributed by atoms with Crippen molar-refractivity contribution in [3.8, 4) is 0 Å². The maximum atomic E-state index is 12.2. The van der Waals surface area contributed by atoms with E-state index in [2.05, 4.69) is 10.00 Å². The smallest absolute Gasteiger partial charge is 0.267 e. The van der Waals surface area contributed by atoms with Gasteiger partial charge in [-0.2, -0.15) is 16.9 Å². The molecule has 120 valence electrons. The number of aliphatic hydroxyl groups is 1. The Hall–Kier alpha value is -0.850. The van der Waals surface area contributed by atoms with Crippen molar-refractivity contribution in [2.24, 2.45) is 5.92 Å². The van der Waals surface area contributed by atoms with Gasteiger partial charge in [-0.1, -0.05) is 0 Å². The van der Waals surface area contributed by atoms with Gasteiger partial charge in [-0.3, -0.25) is 9.69 Å². The Labute approximate surface area is 134 Å². The highest BCUT2D eigenvalue weighted by Crippen LogP contribution is 2.34. The minimum atomic E-state index is -0.427. The molecule has 1 N–H and O–H groups in total. The number of aromatic nitrogens is 2. The first-order valence-electron chi connectivity index (χ1n) is 8.24. The van der Waals surface area contributed by atoms with E-state index in [4.69, 9.17) is 0 Å². The van der Waals surface area contributed by atoms with Crippen LogP contribution in [0.2, 0.25) is 0 Å². The van der Waals surface area contributed by atoms with Gasteiger partial charge in [0, 0.05) is 43.8 Å². The van der Waals surface area contributed by atoms with E-state index in [0.29, 0.717) is 12.5 Å². The molecule has 1 aromatic rings. The Bertz CT molecular complexity index is 620. The summed E-state index contributed by atoms with van der Waals surface area (Å²) < 4.78 is 1.66. The van der Waals surface area contributed by atoms with Gasteiger partial charge in [0.2, 0.25) is 0 Å². The van der Waals surface area contributed by atoms with Crippen molar-refractivity contribution in [2.75, 3.05) is 25.4 Å². The predicted octanol–water partition coefficient (Wildman–Crippen LogP) is 0.879. The SMILES string of the molecule is O=c1cc2c(nn1CC1CN(CC3(O)CCC3)C1)CCSC2. The standard InChI is InChI=1S/C16H23N3O2S/c20-15-6-13-10-22-5-2-14(13)17-19(15)9-12-7-18(8-12)11-16(21)3-1-4-16/h6,12,21H,1-5,7-11H2. The number of fused-ring (bicyclic) bond motifs is 1. The molecule has 0 spiro atoms. The third-order valence-electron chi connectivity index (χ3n) is 5.17. The van der Waals surface area contributed by atoms with Crippen molar-refractivity contribution in [1.29, 1.82) is 0 Å². The van der Waals surface area contributed by atoms with E-state index in [9.17, 15) is 9.90 Å². The van der Waals surface area contributed by atoms with E-state index in [-0.39, 0.29) is 5.56 Å². The molecule has 0 amide bonds. The van der Waals surface area contributed by atoms with Crippen LogP contribution in [0.15, 0.2) is 10.9 Å². The normalized spacial score (nSPS) is 24.4. The molecule has 2 fully saturated rings. The van der Waals surface area contributed by atoms with Gasteiger partial charge in [0.25, 0.3) is 5.56 Å². The molecule has 6 heteroatoms. The second kappa shape index (κ2) is 5.65. The molecule has 1 aromatic heterocycles. The molecule has 1 saturated heterocycles. The van der Waals surface area contributed by atoms with E-state index in [1.54, 1.807) is 10.7 Å². The molecule has 0 unspecified atom stereocenters. The highest BCUT2D eigenvalue weighted by Gasteiger charge is 2.39. The highest BCUT2D eigenvalue weighted by molar-refractivity contribution is 7.98. The molecule has 0 aromatic carbocycles. The van der Waals surface area contributed by atoms with Gasteiger partial charge in [-0.25, -0.2) is 4.68 Å². The van der Waals surface area contributed by atoms with Crippen molar-refractivity contribution < 1.29 is 5.11 Å². The van der Waals surface area contributed by atoms with E-state index in [1.807, 2.05) is 11.8 Å². The van der Waals surface area contributed by atoms with Gasteiger partial charge in [0.15, 0.2) is 0 Å². The first-order valence-corrected chi connectivity index (χ1v) is 9.39. The second-order valence-corrected chi connectivity index (χ2v) is 8.18. The second-order valence-electron chi connectivity index (χ2n) is 7.08. The van der Waals surface area contributed by atoms with Gasteiger partial charge < -0.3 is 5.11 Å². The summed E-state index contributed by atoms with van der Waals surface area (Å²) in [5.41, 5.74) is 1.85. The quantitative estimate of drug-likeness (QED) is 0.892. The van der Waals surface area contributed by atoms with Crippen LogP contribution in [-0.2, 0) is 18.7 Å². The summed E-state index contributed by atoms with van der Waals surface area (Å²) in [4.78, 5) is 14.5. The molecule has 5 nitrogen and oxygen atoms in total. The number of thioether (sulfide) groups is 1. The van der Waals surface area contributed by atoms with Crippen LogP contribution in [0.4, 0.5) is 0 Å². The largest absolute Gasteiger partial charge is 0.389 e. The maximum Gasteiger partial charge on any atom is 0.267 e. The van der Waals surface area contributed by atoms with E-state index in [1.165, 1.54) is 0 Å². The molecule has 3 aliphatic rings. The number of hydrogen-bond donors (Lipinski definition) is 1.